The van der Waals surface area contributed by atoms with E-state index in [-0.39, 0.29) is 18.1 Å². The molecule has 2 unspecified atom stereocenters. The maximum absolute atomic E-state index is 12.0. The molecule has 8 heteroatoms. The Bertz CT molecular complexity index is 592. The van der Waals surface area contributed by atoms with Crippen LogP contribution in [-0.2, 0) is 7.05 Å². The first-order chi connectivity index (χ1) is 10.5. The normalized spacial score (nSPS) is 13.9. The second-order valence-electron chi connectivity index (χ2n) is 5.37. The number of hydrogen-bond acceptors (Lipinski definition) is 5. The summed E-state index contributed by atoms with van der Waals surface area (Å²) in [5.41, 5.74) is 0. The van der Waals surface area contributed by atoms with E-state index in [1.165, 1.54) is 0 Å². The van der Waals surface area contributed by atoms with E-state index in [9.17, 15) is 4.79 Å². The third kappa shape index (κ3) is 3.85. The van der Waals surface area contributed by atoms with Gasteiger partial charge in [0.25, 0.3) is 0 Å². The number of furan rings is 1. The zero-order chi connectivity index (χ0) is 16.1. The highest BCUT2D eigenvalue weighted by Gasteiger charge is 2.19. The van der Waals surface area contributed by atoms with E-state index in [4.69, 9.17) is 4.42 Å². The number of carbonyl (C=O) groups is 1. The van der Waals surface area contributed by atoms with Crippen molar-refractivity contribution in [3.05, 3.63) is 36.3 Å². The fourth-order valence-electron chi connectivity index (χ4n) is 2.20. The van der Waals surface area contributed by atoms with E-state index in [0.717, 1.165) is 5.76 Å². The van der Waals surface area contributed by atoms with Crippen molar-refractivity contribution in [3.63, 3.8) is 0 Å². The molecule has 0 bridgehead atoms. The highest BCUT2D eigenvalue weighted by atomic mass is 16.3. The van der Waals surface area contributed by atoms with Gasteiger partial charge in [0.15, 0.2) is 5.82 Å². The predicted octanol–water partition coefficient (Wildman–Crippen LogP) is 1.07. The van der Waals surface area contributed by atoms with Crippen molar-refractivity contribution >= 4 is 6.03 Å². The van der Waals surface area contributed by atoms with Gasteiger partial charge in [0, 0.05) is 13.6 Å². The molecule has 2 amide bonds. The van der Waals surface area contributed by atoms with E-state index in [0.29, 0.717) is 12.4 Å². The molecule has 2 heterocycles. The van der Waals surface area contributed by atoms with Crippen LogP contribution < -0.4 is 10.6 Å². The zero-order valence-corrected chi connectivity index (χ0v) is 13.3. The van der Waals surface area contributed by atoms with Crippen LogP contribution in [-0.4, -0.2) is 46.3 Å². The van der Waals surface area contributed by atoms with E-state index in [1.54, 1.807) is 17.2 Å². The average molecular weight is 306 g/mol. The molecule has 0 aromatic carbocycles. The van der Waals surface area contributed by atoms with E-state index in [1.807, 2.05) is 45.1 Å². The van der Waals surface area contributed by atoms with Gasteiger partial charge in [-0.25, -0.2) is 4.79 Å². The number of amides is 2. The Morgan fingerprint density at radius 3 is 2.82 bits per heavy atom. The highest BCUT2D eigenvalue weighted by molar-refractivity contribution is 5.74. The van der Waals surface area contributed by atoms with E-state index >= 15 is 0 Å². The highest BCUT2D eigenvalue weighted by Crippen LogP contribution is 2.17. The van der Waals surface area contributed by atoms with Crippen molar-refractivity contribution in [2.24, 2.45) is 7.05 Å². The van der Waals surface area contributed by atoms with Crippen LogP contribution >= 0.6 is 0 Å². The van der Waals surface area contributed by atoms with Gasteiger partial charge in [-0.1, -0.05) is 0 Å². The first kappa shape index (κ1) is 16.0. The summed E-state index contributed by atoms with van der Waals surface area (Å²) in [5, 5.41) is 13.5. The summed E-state index contributed by atoms with van der Waals surface area (Å²) >= 11 is 0. The summed E-state index contributed by atoms with van der Waals surface area (Å²) in [6.07, 6.45) is 3.23. The molecule has 2 atom stereocenters. The molecule has 2 aromatic rings. The van der Waals surface area contributed by atoms with Gasteiger partial charge in [-0.15, -0.1) is 10.2 Å². The Kier molecular flexibility index (Phi) is 5.16. The van der Waals surface area contributed by atoms with Crippen LogP contribution in [0.25, 0.3) is 0 Å². The molecule has 0 aliphatic carbocycles. The van der Waals surface area contributed by atoms with Crippen molar-refractivity contribution in [2.75, 3.05) is 20.6 Å². The summed E-state index contributed by atoms with van der Waals surface area (Å²) in [6, 6.07) is 3.22. The minimum Gasteiger partial charge on any atom is -0.468 e. The van der Waals surface area contributed by atoms with Crippen molar-refractivity contribution in [2.45, 2.75) is 19.0 Å². The number of urea groups is 1. The molecule has 2 rings (SSSR count). The number of likely N-dealkylation sites (N-methyl/N-ethyl adjacent to an activating group) is 1. The first-order valence-corrected chi connectivity index (χ1v) is 7.07. The van der Waals surface area contributed by atoms with Crippen LogP contribution in [0.3, 0.4) is 0 Å². The number of nitrogens with one attached hydrogen (secondary N) is 2. The molecule has 0 aliphatic heterocycles. The third-order valence-corrected chi connectivity index (χ3v) is 3.43. The molecular weight excluding hydrogens is 284 g/mol. The molecule has 8 nitrogen and oxygen atoms in total. The first-order valence-electron chi connectivity index (χ1n) is 7.07. The maximum atomic E-state index is 12.0. The number of aryl methyl sites for hydroxylation is 1. The van der Waals surface area contributed by atoms with Crippen LogP contribution in [0.1, 0.15) is 30.6 Å². The zero-order valence-electron chi connectivity index (χ0n) is 13.3. The van der Waals surface area contributed by atoms with Gasteiger partial charge in [-0.05, 0) is 33.2 Å². The molecular formula is C14H22N6O2. The van der Waals surface area contributed by atoms with Crippen molar-refractivity contribution in [1.29, 1.82) is 0 Å². The van der Waals surface area contributed by atoms with Crippen LogP contribution in [0, 0.1) is 0 Å². The predicted molar refractivity (Wildman–Crippen MR) is 81.1 cm³/mol. The molecule has 0 radical (unpaired) electrons. The molecule has 0 spiro atoms. The van der Waals surface area contributed by atoms with Crippen molar-refractivity contribution < 1.29 is 9.21 Å². The standard InChI is InChI=1S/C14H22N6O2/c1-10(13-18-16-9-20(13)4)17-14(21)15-8-11(19(2)3)12-6-5-7-22-12/h5-7,9-11H,8H2,1-4H3,(H2,15,17,21). The van der Waals surface area contributed by atoms with Gasteiger partial charge in [0.2, 0.25) is 0 Å². The monoisotopic (exact) mass is 306 g/mol. The Labute approximate surface area is 129 Å². The number of hydrogen-bond donors (Lipinski definition) is 2. The Morgan fingerprint density at radius 1 is 1.50 bits per heavy atom. The maximum Gasteiger partial charge on any atom is 0.315 e. The lowest BCUT2D eigenvalue weighted by Crippen LogP contribution is -2.41. The summed E-state index contributed by atoms with van der Waals surface area (Å²) in [7, 11) is 5.72. The minimum atomic E-state index is -0.256. The van der Waals surface area contributed by atoms with Gasteiger partial charge < -0.3 is 19.6 Å². The van der Waals surface area contributed by atoms with Crippen molar-refractivity contribution in [3.8, 4) is 0 Å². The topological polar surface area (TPSA) is 88.2 Å². The molecule has 2 aromatic heterocycles. The quantitative estimate of drug-likeness (QED) is 0.833. The number of aromatic nitrogens is 3. The van der Waals surface area contributed by atoms with Crippen LogP contribution in [0.4, 0.5) is 4.79 Å². The summed E-state index contributed by atoms with van der Waals surface area (Å²) in [4.78, 5) is 14.0. The summed E-state index contributed by atoms with van der Waals surface area (Å²) in [5.74, 6) is 1.51. The SMILES string of the molecule is CC(NC(=O)NCC(c1ccco1)N(C)C)c1nncn1C. The molecule has 0 aliphatic rings. The van der Waals surface area contributed by atoms with Crippen molar-refractivity contribution in [1.82, 2.24) is 30.3 Å². The lowest BCUT2D eigenvalue weighted by molar-refractivity contribution is 0.222. The van der Waals surface area contributed by atoms with Gasteiger partial charge in [-0.3, -0.25) is 4.90 Å². The van der Waals surface area contributed by atoms with Gasteiger partial charge in [0.1, 0.15) is 12.1 Å². The average Bonchev–Trinajstić information content (AvgIpc) is 3.10. The van der Waals surface area contributed by atoms with Crippen LogP contribution in [0.5, 0.6) is 0 Å². The van der Waals surface area contributed by atoms with Gasteiger partial charge >= 0.3 is 6.03 Å². The lowest BCUT2D eigenvalue weighted by atomic mass is 10.2. The van der Waals surface area contributed by atoms with Crippen LogP contribution in [0.15, 0.2) is 29.1 Å². The Morgan fingerprint density at radius 2 is 2.27 bits per heavy atom. The minimum absolute atomic E-state index is 0.0223. The number of rotatable bonds is 6. The molecule has 0 fully saturated rings. The molecule has 22 heavy (non-hydrogen) atoms. The summed E-state index contributed by atoms with van der Waals surface area (Å²) < 4.78 is 7.18. The molecule has 0 saturated heterocycles. The van der Waals surface area contributed by atoms with E-state index < -0.39 is 0 Å². The molecule has 0 saturated carbocycles. The number of carbonyl (C=O) groups excluding carboxylic acids is 1. The molecule has 2 N–H and O–H groups in total. The van der Waals surface area contributed by atoms with Gasteiger partial charge in [0.05, 0.1) is 18.3 Å². The summed E-state index contributed by atoms with van der Waals surface area (Å²) in [6.45, 7) is 2.30. The second kappa shape index (κ2) is 7.08. The number of nitrogens with zero attached hydrogens (tertiary/aromatic N) is 4. The Balaban J connectivity index is 1.88. The van der Waals surface area contributed by atoms with Crippen LogP contribution in [0.2, 0.25) is 0 Å². The lowest BCUT2D eigenvalue weighted by Gasteiger charge is -2.23. The molecule has 120 valence electrons. The third-order valence-electron chi connectivity index (χ3n) is 3.43. The largest absolute Gasteiger partial charge is 0.468 e. The van der Waals surface area contributed by atoms with E-state index in [2.05, 4.69) is 20.8 Å². The smallest absolute Gasteiger partial charge is 0.315 e. The Hall–Kier alpha value is -2.35. The fourth-order valence-corrected chi connectivity index (χ4v) is 2.20. The van der Waals surface area contributed by atoms with Gasteiger partial charge in [-0.2, -0.15) is 0 Å². The fraction of sp³-hybridized carbons (Fsp3) is 0.500. The second-order valence-corrected chi connectivity index (χ2v) is 5.37.